The summed E-state index contributed by atoms with van der Waals surface area (Å²) in [5, 5.41) is 4.79. The van der Waals surface area contributed by atoms with Crippen molar-refractivity contribution in [1.82, 2.24) is 15.1 Å². The van der Waals surface area contributed by atoms with Gasteiger partial charge in [0, 0.05) is 13.0 Å². The fourth-order valence-corrected chi connectivity index (χ4v) is 2.81. The molecule has 0 unspecified atom stereocenters. The molecule has 5 nitrogen and oxygen atoms in total. The molecule has 0 saturated carbocycles. The van der Waals surface area contributed by atoms with Gasteiger partial charge in [-0.05, 0) is 24.6 Å². The predicted molar refractivity (Wildman–Crippen MR) is 77.2 cm³/mol. The first-order chi connectivity index (χ1) is 10.2. The van der Waals surface area contributed by atoms with Crippen LogP contribution in [0.25, 0.3) is 10.8 Å². The normalized spacial score (nSPS) is 11.0. The Labute approximate surface area is 124 Å². The second kappa shape index (κ2) is 5.71. The Balaban J connectivity index is 1.82. The molecule has 0 aliphatic rings. The fraction of sp³-hybridized carbons (Fsp3) is 0.214. The largest absolute Gasteiger partial charge is 0.333 e. The van der Waals surface area contributed by atoms with E-state index in [0.717, 1.165) is 21.1 Å². The minimum Gasteiger partial charge on any atom is -0.333 e. The minimum absolute atomic E-state index is 0.262. The van der Waals surface area contributed by atoms with Crippen molar-refractivity contribution >= 4 is 11.3 Å². The summed E-state index contributed by atoms with van der Waals surface area (Å²) in [6, 6.07) is 6.24. The van der Waals surface area contributed by atoms with Gasteiger partial charge in [-0.2, -0.15) is 4.98 Å². The summed E-state index contributed by atoms with van der Waals surface area (Å²) in [6.07, 6.45) is 0.491. The van der Waals surface area contributed by atoms with Gasteiger partial charge in [-0.15, -0.1) is 11.3 Å². The molecule has 3 rings (SSSR count). The second-order valence-electron chi connectivity index (χ2n) is 4.55. The van der Waals surface area contributed by atoms with E-state index < -0.39 is 0 Å². The summed E-state index contributed by atoms with van der Waals surface area (Å²) in [4.78, 5) is 9.54. The molecule has 3 aromatic rings. The Morgan fingerprint density at radius 1 is 1.24 bits per heavy atom. The van der Waals surface area contributed by atoms with Gasteiger partial charge in [0.15, 0.2) is 5.82 Å². The molecule has 0 atom stereocenters. The van der Waals surface area contributed by atoms with Crippen molar-refractivity contribution in [2.45, 2.75) is 19.9 Å². The number of thiazole rings is 1. The molecule has 7 heteroatoms. The van der Waals surface area contributed by atoms with Gasteiger partial charge in [-0.1, -0.05) is 17.3 Å². The summed E-state index contributed by atoms with van der Waals surface area (Å²) in [7, 11) is 0. The van der Waals surface area contributed by atoms with Crippen LogP contribution in [0, 0.1) is 12.7 Å². The summed E-state index contributed by atoms with van der Waals surface area (Å²) in [6.45, 7) is 2.27. The van der Waals surface area contributed by atoms with E-state index in [1.54, 1.807) is 12.1 Å². The average molecular weight is 304 g/mol. The number of benzene rings is 1. The summed E-state index contributed by atoms with van der Waals surface area (Å²) < 4.78 is 18.1. The highest BCUT2D eigenvalue weighted by molar-refractivity contribution is 7.15. The molecular weight excluding hydrogens is 291 g/mol. The van der Waals surface area contributed by atoms with Gasteiger partial charge in [0.25, 0.3) is 5.89 Å². The Morgan fingerprint density at radius 3 is 2.67 bits per heavy atom. The van der Waals surface area contributed by atoms with E-state index in [9.17, 15) is 4.39 Å². The standard InChI is InChI=1S/C14H13FN4OS/c1-8-13(21-12(7-16)17-8)14-18-11(19-20-14)6-9-2-4-10(15)5-3-9/h2-5H,6-7,16H2,1H3. The molecular formula is C14H13FN4OS. The molecule has 0 amide bonds. The lowest BCUT2D eigenvalue weighted by molar-refractivity contribution is 0.424. The van der Waals surface area contributed by atoms with Crippen LogP contribution in [0.1, 0.15) is 22.1 Å². The first-order valence-corrected chi connectivity index (χ1v) is 7.21. The zero-order valence-electron chi connectivity index (χ0n) is 11.3. The van der Waals surface area contributed by atoms with E-state index >= 15 is 0 Å². The van der Waals surface area contributed by atoms with E-state index in [2.05, 4.69) is 15.1 Å². The molecule has 21 heavy (non-hydrogen) atoms. The highest BCUT2D eigenvalue weighted by Crippen LogP contribution is 2.28. The summed E-state index contributed by atoms with van der Waals surface area (Å²) in [5.74, 6) is 0.739. The lowest BCUT2D eigenvalue weighted by Crippen LogP contribution is -1.94. The molecule has 0 fully saturated rings. The lowest BCUT2D eigenvalue weighted by Gasteiger charge is -1.95. The first-order valence-electron chi connectivity index (χ1n) is 6.39. The average Bonchev–Trinajstić information content (AvgIpc) is 3.07. The maximum Gasteiger partial charge on any atom is 0.269 e. The molecule has 2 N–H and O–H groups in total. The lowest BCUT2D eigenvalue weighted by atomic mass is 10.1. The van der Waals surface area contributed by atoms with Gasteiger partial charge < -0.3 is 10.3 Å². The third kappa shape index (κ3) is 2.98. The van der Waals surface area contributed by atoms with E-state index in [-0.39, 0.29) is 5.82 Å². The monoisotopic (exact) mass is 304 g/mol. The number of hydrogen-bond donors (Lipinski definition) is 1. The number of halogens is 1. The van der Waals surface area contributed by atoms with Gasteiger partial charge in [0.2, 0.25) is 0 Å². The van der Waals surface area contributed by atoms with Gasteiger partial charge in [0.05, 0.1) is 5.69 Å². The molecule has 0 radical (unpaired) electrons. The molecule has 2 aromatic heterocycles. The van der Waals surface area contributed by atoms with Crippen LogP contribution in [0.4, 0.5) is 4.39 Å². The van der Waals surface area contributed by atoms with E-state index in [1.165, 1.54) is 23.5 Å². The predicted octanol–water partition coefficient (Wildman–Crippen LogP) is 2.69. The van der Waals surface area contributed by atoms with Gasteiger partial charge in [-0.25, -0.2) is 9.37 Å². The van der Waals surface area contributed by atoms with Crippen molar-refractivity contribution in [2.75, 3.05) is 0 Å². The van der Waals surface area contributed by atoms with Crippen LogP contribution >= 0.6 is 11.3 Å². The third-order valence-electron chi connectivity index (χ3n) is 2.95. The summed E-state index contributed by atoms with van der Waals surface area (Å²) >= 11 is 1.45. The number of aryl methyl sites for hydroxylation is 1. The number of rotatable bonds is 4. The second-order valence-corrected chi connectivity index (χ2v) is 5.63. The Morgan fingerprint density at radius 2 is 2.00 bits per heavy atom. The quantitative estimate of drug-likeness (QED) is 0.802. The zero-order valence-corrected chi connectivity index (χ0v) is 12.2. The molecule has 0 aliphatic heterocycles. The molecule has 0 saturated heterocycles. The minimum atomic E-state index is -0.262. The van der Waals surface area contributed by atoms with Gasteiger partial charge in [-0.3, -0.25) is 0 Å². The van der Waals surface area contributed by atoms with Crippen LogP contribution in [0.15, 0.2) is 28.8 Å². The number of aromatic nitrogens is 3. The number of hydrogen-bond acceptors (Lipinski definition) is 6. The summed E-state index contributed by atoms with van der Waals surface area (Å²) in [5.41, 5.74) is 7.33. The van der Waals surface area contributed by atoms with E-state index in [4.69, 9.17) is 10.3 Å². The van der Waals surface area contributed by atoms with Crippen LogP contribution in [-0.2, 0) is 13.0 Å². The van der Waals surface area contributed by atoms with Crippen LogP contribution in [-0.4, -0.2) is 15.1 Å². The number of nitrogens with zero attached hydrogens (tertiary/aromatic N) is 3. The molecule has 0 aliphatic carbocycles. The maximum atomic E-state index is 12.9. The molecule has 1 aromatic carbocycles. The Kier molecular flexibility index (Phi) is 3.76. The topological polar surface area (TPSA) is 77.8 Å². The third-order valence-corrected chi connectivity index (χ3v) is 4.12. The first kappa shape index (κ1) is 13.8. The maximum absolute atomic E-state index is 12.9. The van der Waals surface area contributed by atoms with Gasteiger partial charge in [0.1, 0.15) is 15.7 Å². The van der Waals surface area contributed by atoms with Crippen LogP contribution < -0.4 is 5.73 Å². The number of nitrogens with two attached hydrogens (primary N) is 1. The van der Waals surface area contributed by atoms with Crippen molar-refractivity contribution in [3.05, 3.63) is 52.2 Å². The molecule has 108 valence electrons. The van der Waals surface area contributed by atoms with Crippen LogP contribution in [0.3, 0.4) is 0 Å². The smallest absolute Gasteiger partial charge is 0.269 e. The van der Waals surface area contributed by atoms with Crippen LogP contribution in [0.5, 0.6) is 0 Å². The van der Waals surface area contributed by atoms with Crippen molar-refractivity contribution in [2.24, 2.45) is 5.73 Å². The van der Waals surface area contributed by atoms with Crippen molar-refractivity contribution in [3.8, 4) is 10.8 Å². The van der Waals surface area contributed by atoms with Crippen molar-refractivity contribution in [3.63, 3.8) is 0 Å². The molecule has 0 spiro atoms. The van der Waals surface area contributed by atoms with Gasteiger partial charge >= 0.3 is 0 Å². The SMILES string of the molecule is Cc1nc(CN)sc1-c1nc(Cc2ccc(F)cc2)no1. The molecule has 2 heterocycles. The Bertz CT molecular complexity index is 751. The van der Waals surface area contributed by atoms with Crippen molar-refractivity contribution in [1.29, 1.82) is 0 Å². The van der Waals surface area contributed by atoms with Crippen molar-refractivity contribution < 1.29 is 8.91 Å². The van der Waals surface area contributed by atoms with Crippen LogP contribution in [0.2, 0.25) is 0 Å². The Hall–Kier alpha value is -2.12. The molecule has 0 bridgehead atoms. The van der Waals surface area contributed by atoms with E-state index in [0.29, 0.717) is 24.7 Å². The van der Waals surface area contributed by atoms with E-state index in [1.807, 2.05) is 6.92 Å². The highest BCUT2D eigenvalue weighted by Gasteiger charge is 2.16. The highest BCUT2D eigenvalue weighted by atomic mass is 32.1. The fourth-order valence-electron chi connectivity index (χ4n) is 1.94. The zero-order chi connectivity index (χ0) is 14.8.